The third kappa shape index (κ3) is 2.93. The molecule has 0 bridgehead atoms. The molecule has 2 aromatic rings. The maximum Gasteiger partial charge on any atom is 0.323 e. The molecule has 1 N–H and O–H groups in total. The van der Waals surface area contributed by atoms with Gasteiger partial charge in [-0.2, -0.15) is 0 Å². The highest BCUT2D eigenvalue weighted by Crippen LogP contribution is 2.17. The van der Waals surface area contributed by atoms with E-state index in [1.807, 2.05) is 37.3 Å². The molecule has 0 spiro atoms. The van der Waals surface area contributed by atoms with Gasteiger partial charge in [-0.25, -0.2) is 0 Å². The van der Waals surface area contributed by atoms with Crippen molar-refractivity contribution in [3.8, 4) is 0 Å². The molecule has 5 heteroatoms. The van der Waals surface area contributed by atoms with Crippen molar-refractivity contribution in [1.29, 1.82) is 0 Å². The van der Waals surface area contributed by atoms with Gasteiger partial charge in [0.1, 0.15) is 12.2 Å². The number of hydrogen-bond donors (Lipinski definition) is 1. The van der Waals surface area contributed by atoms with Crippen molar-refractivity contribution in [1.82, 2.24) is 9.88 Å². The number of fused-ring (bicyclic) bond motifs is 1. The molecule has 0 aliphatic heterocycles. The molecular formula is C15H16N2O3. The van der Waals surface area contributed by atoms with Crippen LogP contribution in [0, 0.1) is 0 Å². The summed E-state index contributed by atoms with van der Waals surface area (Å²) in [5.41, 5.74) is 0.304. The molecule has 0 unspecified atom stereocenters. The Morgan fingerprint density at radius 1 is 1.25 bits per heavy atom. The van der Waals surface area contributed by atoms with E-state index in [0.29, 0.717) is 18.7 Å². The highest BCUT2D eigenvalue weighted by Gasteiger charge is 2.20. The topological polar surface area (TPSA) is 70.5 Å². The number of amides is 1. The van der Waals surface area contributed by atoms with E-state index in [1.54, 1.807) is 6.20 Å². The molecule has 0 saturated heterocycles. The summed E-state index contributed by atoms with van der Waals surface area (Å²) in [5, 5.41) is 10.6. The van der Waals surface area contributed by atoms with E-state index in [4.69, 9.17) is 5.11 Å². The number of benzene rings is 1. The molecule has 5 nitrogen and oxygen atoms in total. The van der Waals surface area contributed by atoms with Crippen LogP contribution in [-0.4, -0.2) is 40.0 Å². The molecule has 0 atom stereocenters. The van der Waals surface area contributed by atoms with Crippen molar-refractivity contribution >= 4 is 22.6 Å². The predicted molar refractivity (Wildman–Crippen MR) is 75.6 cm³/mol. The Hall–Kier alpha value is -2.43. The smallest absolute Gasteiger partial charge is 0.323 e. The number of carboxylic acids is 1. The van der Waals surface area contributed by atoms with E-state index in [2.05, 4.69) is 4.98 Å². The molecule has 2 rings (SSSR count). The van der Waals surface area contributed by atoms with E-state index >= 15 is 0 Å². The van der Waals surface area contributed by atoms with Crippen LogP contribution in [0.15, 0.2) is 36.5 Å². The minimum absolute atomic E-state index is 0.304. The van der Waals surface area contributed by atoms with Crippen molar-refractivity contribution in [3.63, 3.8) is 0 Å². The van der Waals surface area contributed by atoms with E-state index in [1.165, 1.54) is 4.90 Å². The molecule has 1 heterocycles. The van der Waals surface area contributed by atoms with Crippen LogP contribution in [0.25, 0.3) is 10.8 Å². The Balaban J connectivity index is 2.40. The number of carboxylic acid groups (broad SMARTS) is 1. The van der Waals surface area contributed by atoms with Gasteiger partial charge >= 0.3 is 5.97 Å². The van der Waals surface area contributed by atoms with E-state index in [-0.39, 0.29) is 12.5 Å². The molecule has 1 aromatic carbocycles. The van der Waals surface area contributed by atoms with Gasteiger partial charge in [0, 0.05) is 18.1 Å². The van der Waals surface area contributed by atoms with Crippen LogP contribution in [0.3, 0.4) is 0 Å². The summed E-state index contributed by atoms with van der Waals surface area (Å²) in [7, 11) is 0. The molecular weight excluding hydrogens is 256 g/mol. The van der Waals surface area contributed by atoms with Gasteiger partial charge in [-0.1, -0.05) is 31.2 Å². The lowest BCUT2D eigenvalue weighted by atomic mass is 10.1. The Labute approximate surface area is 116 Å². The maximum absolute atomic E-state index is 12.5. The molecule has 104 valence electrons. The molecule has 0 aliphatic rings. The summed E-state index contributed by atoms with van der Waals surface area (Å²) >= 11 is 0. The second-order valence-electron chi connectivity index (χ2n) is 4.50. The van der Waals surface area contributed by atoms with Crippen molar-refractivity contribution in [2.75, 3.05) is 13.1 Å². The largest absolute Gasteiger partial charge is 0.480 e. The molecule has 0 radical (unpaired) electrons. The van der Waals surface area contributed by atoms with Gasteiger partial charge in [0.25, 0.3) is 5.91 Å². The fraction of sp³-hybridized carbons (Fsp3) is 0.267. The monoisotopic (exact) mass is 272 g/mol. The van der Waals surface area contributed by atoms with Gasteiger partial charge in [-0.05, 0) is 17.9 Å². The minimum atomic E-state index is -1.02. The summed E-state index contributed by atoms with van der Waals surface area (Å²) in [5.74, 6) is -1.36. The molecule has 0 saturated carbocycles. The van der Waals surface area contributed by atoms with Crippen LogP contribution in [0.2, 0.25) is 0 Å². The van der Waals surface area contributed by atoms with Crippen molar-refractivity contribution in [2.24, 2.45) is 0 Å². The number of hydrogen-bond acceptors (Lipinski definition) is 3. The van der Waals surface area contributed by atoms with Crippen molar-refractivity contribution in [2.45, 2.75) is 13.3 Å². The van der Waals surface area contributed by atoms with Gasteiger partial charge in [-0.3, -0.25) is 14.6 Å². The van der Waals surface area contributed by atoms with Gasteiger partial charge < -0.3 is 10.0 Å². The van der Waals surface area contributed by atoms with Crippen LogP contribution >= 0.6 is 0 Å². The zero-order valence-electron chi connectivity index (χ0n) is 11.2. The van der Waals surface area contributed by atoms with Crippen LogP contribution in [-0.2, 0) is 4.79 Å². The quantitative estimate of drug-likeness (QED) is 0.905. The number of nitrogens with zero attached hydrogens (tertiary/aromatic N) is 2. The number of carbonyl (C=O) groups is 2. The highest BCUT2D eigenvalue weighted by atomic mass is 16.4. The molecule has 0 aliphatic carbocycles. The summed E-state index contributed by atoms with van der Waals surface area (Å²) in [6, 6.07) is 9.27. The summed E-state index contributed by atoms with van der Waals surface area (Å²) < 4.78 is 0. The van der Waals surface area contributed by atoms with Gasteiger partial charge in [0.2, 0.25) is 0 Å². The zero-order valence-corrected chi connectivity index (χ0v) is 11.2. The van der Waals surface area contributed by atoms with Crippen LogP contribution in [0.1, 0.15) is 23.8 Å². The maximum atomic E-state index is 12.5. The summed E-state index contributed by atoms with van der Waals surface area (Å²) in [4.78, 5) is 28.8. The average Bonchev–Trinajstić information content (AvgIpc) is 2.45. The number of aromatic nitrogens is 1. The Kier molecular flexibility index (Phi) is 4.30. The van der Waals surface area contributed by atoms with Crippen molar-refractivity contribution in [3.05, 3.63) is 42.2 Å². The second-order valence-corrected chi connectivity index (χ2v) is 4.50. The molecule has 0 fully saturated rings. The third-order valence-corrected chi connectivity index (χ3v) is 2.98. The fourth-order valence-electron chi connectivity index (χ4n) is 2.13. The average molecular weight is 272 g/mol. The normalized spacial score (nSPS) is 10.4. The van der Waals surface area contributed by atoms with Crippen molar-refractivity contribution < 1.29 is 14.7 Å². The van der Waals surface area contributed by atoms with E-state index in [9.17, 15) is 9.59 Å². The predicted octanol–water partition coefficient (Wildman–Crippen LogP) is 2.17. The number of carbonyl (C=O) groups excluding carboxylic acids is 1. The Bertz CT molecular complexity index is 635. The third-order valence-electron chi connectivity index (χ3n) is 2.98. The lowest BCUT2D eigenvalue weighted by Crippen LogP contribution is -2.36. The van der Waals surface area contributed by atoms with E-state index in [0.717, 1.165) is 10.8 Å². The Morgan fingerprint density at radius 2 is 2.00 bits per heavy atom. The lowest BCUT2D eigenvalue weighted by molar-refractivity contribution is -0.137. The first-order valence-electron chi connectivity index (χ1n) is 6.48. The standard InChI is InChI=1S/C15H16N2O3/c1-2-9-17(10-13(18)19)15(20)14-12-6-4-3-5-11(12)7-8-16-14/h3-8H,2,9-10H2,1H3,(H,18,19). The Morgan fingerprint density at radius 3 is 2.70 bits per heavy atom. The zero-order chi connectivity index (χ0) is 14.5. The SMILES string of the molecule is CCCN(CC(=O)O)C(=O)c1nccc2ccccc12. The first-order chi connectivity index (χ1) is 9.63. The van der Waals surface area contributed by atoms with Gasteiger partial charge in [-0.15, -0.1) is 0 Å². The van der Waals surface area contributed by atoms with Crippen LogP contribution in [0.4, 0.5) is 0 Å². The number of aliphatic carboxylic acids is 1. The number of pyridine rings is 1. The minimum Gasteiger partial charge on any atom is -0.480 e. The first kappa shape index (κ1) is 14.0. The highest BCUT2D eigenvalue weighted by molar-refractivity contribution is 6.05. The molecule has 1 aromatic heterocycles. The number of rotatable bonds is 5. The fourth-order valence-corrected chi connectivity index (χ4v) is 2.13. The van der Waals surface area contributed by atoms with Gasteiger partial charge in [0.15, 0.2) is 0 Å². The second kappa shape index (κ2) is 6.14. The van der Waals surface area contributed by atoms with E-state index < -0.39 is 5.97 Å². The first-order valence-corrected chi connectivity index (χ1v) is 6.48. The summed E-state index contributed by atoms with van der Waals surface area (Å²) in [6.07, 6.45) is 2.27. The van der Waals surface area contributed by atoms with Crippen LogP contribution in [0.5, 0.6) is 0 Å². The molecule has 1 amide bonds. The molecule has 20 heavy (non-hydrogen) atoms. The van der Waals surface area contributed by atoms with Gasteiger partial charge in [0.05, 0.1) is 0 Å². The summed E-state index contributed by atoms with van der Waals surface area (Å²) in [6.45, 7) is 1.99. The lowest BCUT2D eigenvalue weighted by Gasteiger charge is -2.20. The van der Waals surface area contributed by atoms with Crippen LogP contribution < -0.4 is 0 Å².